The minimum atomic E-state index is -0.476. The molecule has 2 atom stereocenters. The van der Waals surface area contributed by atoms with Crippen LogP contribution in [0.15, 0.2) is 41.1 Å². The fraction of sp³-hybridized carbons (Fsp3) is 0.515. The van der Waals surface area contributed by atoms with Crippen molar-refractivity contribution in [3.8, 4) is 0 Å². The summed E-state index contributed by atoms with van der Waals surface area (Å²) in [5, 5.41) is 17.2. The molecule has 4 N–H and O–H groups in total. The number of rotatable bonds is 7. The number of fused-ring (bicyclic) bond motifs is 4. The van der Waals surface area contributed by atoms with Gasteiger partial charge in [0.05, 0.1) is 18.6 Å². The van der Waals surface area contributed by atoms with Crippen molar-refractivity contribution >= 4 is 46.3 Å². The number of carbonyl (C=O) groups is 4. The zero-order valence-corrected chi connectivity index (χ0v) is 28.1. The standard InChI is InChI=1S/C33H43N7O4S2/c1-21(2)16-24-32-39-27(20-46-32)31(44)37-25(17-22-8-4-3-5-9-22)33-38-26(19-45-33)30(43)34-13-7-15-40(14-6-10-28(41)36-24)29(42)18-35-23-11-12-23/h3-5,8-9,19-21,23-25,35H,6-7,10-18H2,1-2H3,(H,34,43)(H,36,41)(H,37,44)/t24-,25-/m0/s1. The van der Waals surface area contributed by atoms with Crippen molar-refractivity contribution in [1.29, 1.82) is 0 Å². The number of thiazole rings is 2. The molecule has 11 nitrogen and oxygen atoms in total. The number of carbonyl (C=O) groups excluding carboxylic acids is 4. The third-order valence-corrected chi connectivity index (χ3v) is 9.85. The minimum Gasteiger partial charge on any atom is -0.351 e. The number of nitrogens with one attached hydrogen (secondary N) is 4. The van der Waals surface area contributed by atoms with Gasteiger partial charge in [-0.25, -0.2) is 9.97 Å². The first-order valence-corrected chi connectivity index (χ1v) is 17.9. The molecule has 1 aromatic carbocycles. The first kappa shape index (κ1) is 33.7. The normalized spacial score (nSPS) is 20.4. The van der Waals surface area contributed by atoms with Gasteiger partial charge in [-0.2, -0.15) is 0 Å². The number of amides is 4. The van der Waals surface area contributed by atoms with Crippen molar-refractivity contribution in [2.75, 3.05) is 26.2 Å². The molecule has 0 spiro atoms. The van der Waals surface area contributed by atoms with Gasteiger partial charge in [0.25, 0.3) is 11.8 Å². The zero-order valence-electron chi connectivity index (χ0n) is 26.4. The lowest BCUT2D eigenvalue weighted by Gasteiger charge is -2.23. The summed E-state index contributed by atoms with van der Waals surface area (Å²) in [6.45, 7) is 5.73. The van der Waals surface area contributed by atoms with Crippen LogP contribution in [0.5, 0.6) is 0 Å². The molecule has 5 rings (SSSR count). The Kier molecular flexibility index (Phi) is 11.9. The predicted octanol–water partition coefficient (Wildman–Crippen LogP) is 4.01. The first-order valence-electron chi connectivity index (χ1n) is 16.1. The lowest BCUT2D eigenvalue weighted by molar-refractivity contribution is -0.131. The second-order valence-corrected chi connectivity index (χ2v) is 14.1. The Balaban J connectivity index is 1.37. The molecule has 0 unspecified atom stereocenters. The highest BCUT2D eigenvalue weighted by atomic mass is 32.1. The third kappa shape index (κ3) is 9.91. The third-order valence-electron chi connectivity index (χ3n) is 7.93. The van der Waals surface area contributed by atoms with Gasteiger partial charge in [-0.1, -0.05) is 44.2 Å². The molecule has 2 aromatic heterocycles. The van der Waals surface area contributed by atoms with Gasteiger partial charge in [0, 0.05) is 42.9 Å². The van der Waals surface area contributed by atoms with Crippen LogP contribution in [-0.4, -0.2) is 70.7 Å². The molecule has 4 amide bonds. The van der Waals surface area contributed by atoms with E-state index >= 15 is 0 Å². The second-order valence-electron chi connectivity index (χ2n) is 12.4. The molecule has 246 valence electrons. The molecule has 1 saturated carbocycles. The van der Waals surface area contributed by atoms with Crippen molar-refractivity contribution in [1.82, 2.24) is 36.1 Å². The maximum atomic E-state index is 13.5. The molecule has 46 heavy (non-hydrogen) atoms. The fourth-order valence-electron chi connectivity index (χ4n) is 5.33. The van der Waals surface area contributed by atoms with Gasteiger partial charge in [-0.05, 0) is 50.0 Å². The van der Waals surface area contributed by atoms with Gasteiger partial charge in [0.2, 0.25) is 11.8 Å². The zero-order chi connectivity index (χ0) is 32.5. The summed E-state index contributed by atoms with van der Waals surface area (Å²) in [4.78, 5) is 63.7. The summed E-state index contributed by atoms with van der Waals surface area (Å²) in [6.07, 6.45) is 4.69. The molecule has 13 heteroatoms. The van der Waals surface area contributed by atoms with E-state index in [-0.39, 0.29) is 54.0 Å². The van der Waals surface area contributed by atoms with E-state index in [1.54, 1.807) is 15.7 Å². The van der Waals surface area contributed by atoms with Crippen molar-refractivity contribution < 1.29 is 19.2 Å². The number of benzene rings is 1. The SMILES string of the molecule is CC(C)C[C@@H]1NC(=O)CCCN(C(=O)CNC2CC2)CCCNC(=O)c2csc(n2)[C@H](Cc2ccccc2)NC(=O)c2csc1n2. The van der Waals surface area contributed by atoms with Gasteiger partial charge in [-0.3, -0.25) is 19.2 Å². The summed E-state index contributed by atoms with van der Waals surface area (Å²) >= 11 is 2.68. The Labute approximate surface area is 278 Å². The Morgan fingerprint density at radius 3 is 2.30 bits per heavy atom. The largest absolute Gasteiger partial charge is 0.351 e. The van der Waals surface area contributed by atoms with Crippen LogP contribution in [0.2, 0.25) is 0 Å². The summed E-state index contributed by atoms with van der Waals surface area (Å²) in [5.74, 6) is -0.472. The van der Waals surface area contributed by atoms with E-state index in [0.29, 0.717) is 67.3 Å². The van der Waals surface area contributed by atoms with Gasteiger partial charge in [0.1, 0.15) is 21.4 Å². The Bertz CT molecular complexity index is 1490. The Morgan fingerprint density at radius 2 is 1.61 bits per heavy atom. The maximum absolute atomic E-state index is 13.5. The van der Waals surface area contributed by atoms with Crippen LogP contribution in [0.1, 0.15) is 101 Å². The second kappa shape index (κ2) is 16.2. The van der Waals surface area contributed by atoms with Gasteiger partial charge in [-0.15, -0.1) is 22.7 Å². The minimum absolute atomic E-state index is 0.00389. The summed E-state index contributed by atoms with van der Waals surface area (Å²) in [7, 11) is 0. The monoisotopic (exact) mass is 665 g/mol. The van der Waals surface area contributed by atoms with E-state index in [1.165, 1.54) is 22.7 Å². The lowest BCUT2D eigenvalue weighted by Crippen LogP contribution is -2.41. The molecule has 3 aromatic rings. The van der Waals surface area contributed by atoms with E-state index in [0.717, 1.165) is 18.4 Å². The molecule has 0 radical (unpaired) electrons. The van der Waals surface area contributed by atoms with Crippen LogP contribution >= 0.6 is 22.7 Å². The lowest BCUT2D eigenvalue weighted by atomic mass is 10.0. The van der Waals surface area contributed by atoms with Crippen LogP contribution in [-0.2, 0) is 16.0 Å². The fourth-order valence-corrected chi connectivity index (χ4v) is 7.04. The highest BCUT2D eigenvalue weighted by Gasteiger charge is 2.26. The van der Waals surface area contributed by atoms with E-state index in [9.17, 15) is 19.2 Å². The predicted molar refractivity (Wildman–Crippen MR) is 179 cm³/mol. The molecular weight excluding hydrogens is 623 g/mol. The van der Waals surface area contributed by atoms with E-state index < -0.39 is 6.04 Å². The van der Waals surface area contributed by atoms with E-state index in [2.05, 4.69) is 45.1 Å². The van der Waals surface area contributed by atoms with Crippen molar-refractivity contribution in [2.45, 2.75) is 76.9 Å². The summed E-state index contributed by atoms with van der Waals surface area (Å²) in [6, 6.07) is 9.42. The van der Waals surface area contributed by atoms with E-state index in [1.807, 2.05) is 30.3 Å². The first-order chi connectivity index (χ1) is 22.2. The highest BCUT2D eigenvalue weighted by molar-refractivity contribution is 7.10. The Morgan fingerprint density at radius 1 is 0.935 bits per heavy atom. The summed E-state index contributed by atoms with van der Waals surface area (Å²) in [5.41, 5.74) is 1.58. The van der Waals surface area contributed by atoms with Crippen LogP contribution < -0.4 is 21.3 Å². The maximum Gasteiger partial charge on any atom is 0.271 e. The Hall–Kier alpha value is -3.68. The molecule has 1 aliphatic carbocycles. The quantitative estimate of drug-likeness (QED) is 0.299. The van der Waals surface area contributed by atoms with Crippen LogP contribution in [0.4, 0.5) is 0 Å². The number of nitrogens with zero attached hydrogens (tertiary/aromatic N) is 3. The van der Waals surface area contributed by atoms with Gasteiger partial charge in [0.15, 0.2) is 0 Å². The molecular formula is C33H43N7O4S2. The molecule has 2 aliphatic rings. The smallest absolute Gasteiger partial charge is 0.271 e. The van der Waals surface area contributed by atoms with Crippen molar-refractivity contribution in [3.63, 3.8) is 0 Å². The average molecular weight is 666 g/mol. The van der Waals surface area contributed by atoms with Crippen LogP contribution in [0.3, 0.4) is 0 Å². The number of hydrogen-bond acceptors (Lipinski definition) is 9. The highest BCUT2D eigenvalue weighted by Crippen LogP contribution is 2.27. The molecule has 0 saturated heterocycles. The van der Waals surface area contributed by atoms with E-state index in [4.69, 9.17) is 0 Å². The molecule has 1 aliphatic heterocycles. The van der Waals surface area contributed by atoms with Crippen molar-refractivity contribution in [3.05, 3.63) is 68.1 Å². The molecule has 1 fully saturated rings. The topological polar surface area (TPSA) is 145 Å². The summed E-state index contributed by atoms with van der Waals surface area (Å²) < 4.78 is 0. The van der Waals surface area contributed by atoms with Gasteiger partial charge >= 0.3 is 0 Å². The molecule has 3 heterocycles. The molecule has 4 bridgehead atoms. The van der Waals surface area contributed by atoms with Gasteiger partial charge < -0.3 is 26.2 Å². The number of hydrogen-bond donors (Lipinski definition) is 4. The van der Waals surface area contributed by atoms with Crippen LogP contribution in [0, 0.1) is 5.92 Å². The number of aromatic nitrogens is 2. The van der Waals surface area contributed by atoms with Crippen molar-refractivity contribution in [2.24, 2.45) is 5.92 Å². The van der Waals surface area contributed by atoms with Crippen LogP contribution in [0.25, 0.3) is 0 Å². The average Bonchev–Trinajstić information content (AvgIpc) is 3.49.